The predicted octanol–water partition coefficient (Wildman–Crippen LogP) is 2.29. The van der Waals surface area contributed by atoms with Gasteiger partial charge in [0, 0.05) is 42.8 Å². The minimum absolute atomic E-state index is 0.479. The molecule has 0 amide bonds. The molecule has 1 saturated heterocycles. The monoisotopic (exact) mass is 302 g/mol. The molecule has 3 heterocycles. The van der Waals surface area contributed by atoms with Crippen LogP contribution in [0.3, 0.4) is 0 Å². The number of nitrogens with zero attached hydrogens (tertiary/aromatic N) is 5. The first-order chi connectivity index (χ1) is 10.4. The molecule has 21 heavy (non-hydrogen) atoms. The first kappa shape index (κ1) is 12.9. The van der Waals surface area contributed by atoms with E-state index >= 15 is 0 Å². The second-order valence-corrected chi connectivity index (χ2v) is 6.44. The zero-order valence-corrected chi connectivity index (χ0v) is 12.6. The fraction of sp³-hybridized carbons (Fsp3) is 0.571. The number of rotatable bonds is 4. The number of hydrogen-bond acceptors (Lipinski definition) is 7. The summed E-state index contributed by atoms with van der Waals surface area (Å²) in [5.41, 5.74) is 0. The number of piperidine rings is 1. The van der Waals surface area contributed by atoms with E-state index in [1.807, 2.05) is 6.07 Å². The van der Waals surface area contributed by atoms with E-state index in [1.54, 1.807) is 24.1 Å². The van der Waals surface area contributed by atoms with Gasteiger partial charge in [-0.1, -0.05) is 0 Å². The standard InChI is InChI=1S/C14H18N6S/c1-2-10(1)13-18-14(21-19-13)20-7-4-11(5-8-20)17-12-3-6-15-9-16-12/h3,6,9-11H,1-2,4-5,7-8H2,(H,15,16,17). The van der Waals surface area contributed by atoms with Crippen molar-refractivity contribution in [2.24, 2.45) is 0 Å². The summed E-state index contributed by atoms with van der Waals surface area (Å²) in [6.45, 7) is 2.06. The highest BCUT2D eigenvalue weighted by atomic mass is 32.1. The first-order valence-electron chi connectivity index (χ1n) is 7.49. The molecule has 1 aliphatic carbocycles. The first-order valence-corrected chi connectivity index (χ1v) is 8.27. The lowest BCUT2D eigenvalue weighted by molar-refractivity contribution is 0.524. The second-order valence-electron chi connectivity index (χ2n) is 5.71. The molecule has 0 aromatic carbocycles. The molecule has 0 unspecified atom stereocenters. The fourth-order valence-corrected chi connectivity index (χ4v) is 3.46. The van der Waals surface area contributed by atoms with Crippen LogP contribution in [0.1, 0.15) is 37.4 Å². The number of hydrogen-bond donors (Lipinski definition) is 1. The third-order valence-corrected chi connectivity index (χ3v) is 4.86. The topological polar surface area (TPSA) is 66.8 Å². The molecular formula is C14H18N6S. The van der Waals surface area contributed by atoms with Crippen LogP contribution < -0.4 is 10.2 Å². The summed E-state index contributed by atoms with van der Waals surface area (Å²) in [6.07, 6.45) is 8.08. The Hall–Kier alpha value is -1.76. The smallest absolute Gasteiger partial charge is 0.205 e. The van der Waals surface area contributed by atoms with Crippen molar-refractivity contribution < 1.29 is 0 Å². The Morgan fingerprint density at radius 2 is 2.05 bits per heavy atom. The molecule has 0 atom stereocenters. The summed E-state index contributed by atoms with van der Waals surface area (Å²) < 4.78 is 4.50. The Kier molecular flexibility index (Phi) is 3.42. The molecule has 1 N–H and O–H groups in total. The van der Waals surface area contributed by atoms with E-state index in [1.165, 1.54) is 12.8 Å². The minimum Gasteiger partial charge on any atom is -0.367 e. The maximum atomic E-state index is 4.70. The Bertz CT molecular complexity index is 589. The van der Waals surface area contributed by atoms with Gasteiger partial charge in [0.25, 0.3) is 0 Å². The van der Waals surface area contributed by atoms with Crippen molar-refractivity contribution >= 4 is 22.5 Å². The Morgan fingerprint density at radius 1 is 1.19 bits per heavy atom. The molecule has 0 bridgehead atoms. The van der Waals surface area contributed by atoms with E-state index in [4.69, 9.17) is 4.98 Å². The fourth-order valence-electron chi connectivity index (χ4n) is 2.66. The van der Waals surface area contributed by atoms with Gasteiger partial charge in [0.2, 0.25) is 5.13 Å². The van der Waals surface area contributed by atoms with Crippen LogP contribution in [-0.4, -0.2) is 38.5 Å². The van der Waals surface area contributed by atoms with Crippen LogP contribution in [0.15, 0.2) is 18.6 Å². The van der Waals surface area contributed by atoms with Gasteiger partial charge in [0.05, 0.1) is 0 Å². The Labute approximate surface area is 127 Å². The van der Waals surface area contributed by atoms with Crippen LogP contribution in [0, 0.1) is 0 Å². The van der Waals surface area contributed by atoms with Crippen LogP contribution >= 0.6 is 11.5 Å². The van der Waals surface area contributed by atoms with Crippen LogP contribution in [0.4, 0.5) is 10.9 Å². The summed E-state index contributed by atoms with van der Waals surface area (Å²) in [5.74, 6) is 2.62. The average Bonchev–Trinajstić information content (AvgIpc) is 3.27. The highest BCUT2D eigenvalue weighted by Gasteiger charge is 2.29. The van der Waals surface area contributed by atoms with Crippen molar-refractivity contribution in [3.63, 3.8) is 0 Å². The lowest BCUT2D eigenvalue weighted by Crippen LogP contribution is -2.39. The van der Waals surface area contributed by atoms with E-state index < -0.39 is 0 Å². The average molecular weight is 302 g/mol. The normalized spacial score (nSPS) is 19.7. The van der Waals surface area contributed by atoms with Gasteiger partial charge in [-0.05, 0) is 31.7 Å². The maximum absolute atomic E-state index is 4.70. The summed E-state index contributed by atoms with van der Waals surface area (Å²) in [7, 11) is 0. The van der Waals surface area contributed by atoms with Crippen LogP contribution in [-0.2, 0) is 0 Å². The highest BCUT2D eigenvalue weighted by Crippen LogP contribution is 2.39. The zero-order valence-electron chi connectivity index (χ0n) is 11.8. The quantitative estimate of drug-likeness (QED) is 0.934. The van der Waals surface area contributed by atoms with Gasteiger partial charge in [-0.3, -0.25) is 0 Å². The van der Waals surface area contributed by atoms with E-state index in [9.17, 15) is 0 Å². The molecule has 4 rings (SSSR count). The summed E-state index contributed by atoms with van der Waals surface area (Å²) in [6, 6.07) is 2.39. The van der Waals surface area contributed by atoms with Crippen LogP contribution in [0.5, 0.6) is 0 Å². The predicted molar refractivity (Wildman–Crippen MR) is 82.8 cm³/mol. The lowest BCUT2D eigenvalue weighted by Gasteiger charge is -2.32. The number of anilines is 2. The molecule has 1 saturated carbocycles. The zero-order chi connectivity index (χ0) is 14.1. The van der Waals surface area contributed by atoms with Gasteiger partial charge in [0.1, 0.15) is 18.0 Å². The van der Waals surface area contributed by atoms with E-state index in [-0.39, 0.29) is 0 Å². The molecule has 2 fully saturated rings. The van der Waals surface area contributed by atoms with Crippen molar-refractivity contribution in [2.45, 2.75) is 37.6 Å². The molecule has 6 nitrogen and oxygen atoms in total. The highest BCUT2D eigenvalue weighted by molar-refractivity contribution is 7.09. The van der Waals surface area contributed by atoms with Gasteiger partial charge in [-0.2, -0.15) is 4.37 Å². The molecule has 110 valence electrons. The van der Waals surface area contributed by atoms with Crippen molar-refractivity contribution in [3.8, 4) is 0 Å². The lowest BCUT2D eigenvalue weighted by atomic mass is 10.1. The molecule has 2 aromatic heterocycles. The van der Waals surface area contributed by atoms with Gasteiger partial charge in [-0.25, -0.2) is 15.0 Å². The van der Waals surface area contributed by atoms with Crippen molar-refractivity contribution in [1.82, 2.24) is 19.3 Å². The largest absolute Gasteiger partial charge is 0.367 e. The number of aromatic nitrogens is 4. The molecule has 0 radical (unpaired) electrons. The summed E-state index contributed by atoms with van der Waals surface area (Å²) in [5, 5.41) is 4.57. The van der Waals surface area contributed by atoms with Crippen LogP contribution in [0.2, 0.25) is 0 Å². The van der Waals surface area contributed by atoms with Gasteiger partial charge >= 0.3 is 0 Å². The molecular weight excluding hydrogens is 284 g/mol. The molecule has 7 heteroatoms. The van der Waals surface area contributed by atoms with Crippen LogP contribution in [0.25, 0.3) is 0 Å². The summed E-state index contributed by atoms with van der Waals surface area (Å²) in [4.78, 5) is 15.2. The second kappa shape index (κ2) is 5.55. The third-order valence-electron chi connectivity index (χ3n) is 4.07. The SMILES string of the molecule is c1cc(NC2CCN(c3nc(C4CC4)ns3)CC2)ncn1. The molecule has 2 aromatic rings. The summed E-state index contributed by atoms with van der Waals surface area (Å²) >= 11 is 1.55. The minimum atomic E-state index is 0.479. The van der Waals surface area contributed by atoms with E-state index in [0.29, 0.717) is 12.0 Å². The van der Waals surface area contributed by atoms with Crippen molar-refractivity contribution in [3.05, 3.63) is 24.4 Å². The van der Waals surface area contributed by atoms with Gasteiger partial charge in [-0.15, -0.1) is 0 Å². The van der Waals surface area contributed by atoms with Gasteiger partial charge < -0.3 is 10.2 Å². The molecule has 2 aliphatic rings. The van der Waals surface area contributed by atoms with Gasteiger partial charge in [0.15, 0.2) is 0 Å². The van der Waals surface area contributed by atoms with Crippen molar-refractivity contribution in [1.29, 1.82) is 0 Å². The molecule has 0 spiro atoms. The third kappa shape index (κ3) is 2.97. The van der Waals surface area contributed by atoms with E-state index in [2.05, 4.69) is 24.6 Å². The Morgan fingerprint density at radius 3 is 2.76 bits per heavy atom. The van der Waals surface area contributed by atoms with Crippen molar-refractivity contribution in [2.75, 3.05) is 23.3 Å². The molecule has 1 aliphatic heterocycles. The Balaban J connectivity index is 1.33. The maximum Gasteiger partial charge on any atom is 0.205 e. The van der Waals surface area contributed by atoms with E-state index in [0.717, 1.165) is 42.7 Å². The number of nitrogens with one attached hydrogen (secondary N) is 1.